The first kappa shape index (κ1) is 13.3. The molecule has 0 bridgehead atoms. The molecule has 19 heavy (non-hydrogen) atoms. The lowest BCUT2D eigenvalue weighted by molar-refractivity contribution is -0.137. The van der Waals surface area contributed by atoms with Crippen molar-refractivity contribution in [3.05, 3.63) is 59.7 Å². The van der Waals surface area contributed by atoms with Crippen molar-refractivity contribution >= 4 is 5.69 Å². The molecule has 0 unspecified atom stereocenters. The Bertz CT molecular complexity index is 549. The molecule has 1 aromatic heterocycles. The van der Waals surface area contributed by atoms with Crippen LogP contribution in [0.5, 0.6) is 0 Å². The van der Waals surface area contributed by atoms with Crippen LogP contribution < -0.4 is 5.32 Å². The fraction of sp³-hybridized carbons (Fsp3) is 0.154. The Morgan fingerprint density at radius 3 is 2.47 bits per heavy atom. The first-order valence-corrected chi connectivity index (χ1v) is 5.47. The smallest absolute Gasteiger partial charge is 0.379 e. The van der Waals surface area contributed by atoms with Crippen LogP contribution in [-0.4, -0.2) is 4.98 Å². The molecule has 1 N–H and O–H groups in total. The molecule has 0 aliphatic carbocycles. The highest BCUT2D eigenvalue weighted by atomic mass is 19.4. The number of nitrogens with zero attached hydrogens (tertiary/aromatic N) is 1. The summed E-state index contributed by atoms with van der Waals surface area (Å²) in [5.41, 5.74) is 0.195. The first-order chi connectivity index (χ1) is 8.95. The van der Waals surface area contributed by atoms with E-state index in [9.17, 15) is 17.6 Å². The van der Waals surface area contributed by atoms with E-state index in [0.717, 1.165) is 12.3 Å². The van der Waals surface area contributed by atoms with Crippen LogP contribution in [0.4, 0.5) is 23.2 Å². The summed E-state index contributed by atoms with van der Waals surface area (Å²) < 4.78 is 49.8. The molecule has 0 spiro atoms. The molecule has 0 saturated heterocycles. The van der Waals surface area contributed by atoms with Crippen LogP contribution in [-0.2, 0) is 12.7 Å². The number of hydrogen-bond acceptors (Lipinski definition) is 2. The van der Waals surface area contributed by atoms with E-state index in [4.69, 9.17) is 0 Å². The highest BCUT2D eigenvalue weighted by Gasteiger charge is 2.30. The molecule has 2 nitrogen and oxygen atoms in total. The maximum atomic E-state index is 12.9. The van der Waals surface area contributed by atoms with E-state index < -0.39 is 11.7 Å². The van der Waals surface area contributed by atoms with Gasteiger partial charge >= 0.3 is 6.18 Å². The maximum absolute atomic E-state index is 12.9. The monoisotopic (exact) mass is 270 g/mol. The highest BCUT2D eigenvalue weighted by molar-refractivity contribution is 5.43. The Kier molecular flexibility index (Phi) is 3.69. The molecule has 2 aromatic rings. The topological polar surface area (TPSA) is 24.9 Å². The molecule has 6 heteroatoms. The lowest BCUT2D eigenvalue weighted by atomic mass is 10.2. The standard InChI is InChI=1S/C13H10F4N2/c14-10-2-1-3-11(6-10)19-8-12-5-4-9(7-18-12)13(15,16)17/h1-7,19H,8H2. The number of hydrogen-bond donors (Lipinski definition) is 1. The number of nitrogens with one attached hydrogen (secondary N) is 1. The summed E-state index contributed by atoms with van der Waals surface area (Å²) in [4.78, 5) is 3.71. The van der Waals surface area contributed by atoms with Gasteiger partial charge in [-0.1, -0.05) is 6.07 Å². The second-order valence-corrected chi connectivity index (χ2v) is 3.90. The minimum absolute atomic E-state index is 0.224. The van der Waals surface area contributed by atoms with Crippen LogP contribution in [0.2, 0.25) is 0 Å². The van der Waals surface area contributed by atoms with E-state index >= 15 is 0 Å². The third-order valence-corrected chi connectivity index (χ3v) is 2.45. The number of pyridine rings is 1. The average molecular weight is 270 g/mol. The molecule has 0 amide bonds. The minimum atomic E-state index is -4.39. The predicted octanol–water partition coefficient (Wildman–Crippen LogP) is 3.85. The minimum Gasteiger partial charge on any atom is -0.379 e. The van der Waals surface area contributed by atoms with E-state index in [0.29, 0.717) is 11.4 Å². The molecule has 0 saturated carbocycles. The summed E-state index contributed by atoms with van der Waals surface area (Å²) in [5, 5.41) is 2.88. The van der Waals surface area contributed by atoms with Gasteiger partial charge < -0.3 is 5.32 Å². The normalized spacial score (nSPS) is 11.4. The van der Waals surface area contributed by atoms with E-state index in [-0.39, 0.29) is 12.4 Å². The largest absolute Gasteiger partial charge is 0.417 e. The predicted molar refractivity (Wildman–Crippen MR) is 63.0 cm³/mol. The Hall–Kier alpha value is -2.11. The zero-order valence-corrected chi connectivity index (χ0v) is 9.71. The number of aromatic nitrogens is 1. The van der Waals surface area contributed by atoms with Crippen molar-refractivity contribution in [2.24, 2.45) is 0 Å². The second-order valence-electron chi connectivity index (χ2n) is 3.90. The van der Waals surface area contributed by atoms with Crippen molar-refractivity contribution in [2.45, 2.75) is 12.7 Å². The summed E-state index contributed by atoms with van der Waals surface area (Å²) in [6, 6.07) is 8.06. The molecule has 0 aliphatic rings. The van der Waals surface area contributed by atoms with Crippen LogP contribution in [0.3, 0.4) is 0 Å². The summed E-state index contributed by atoms with van der Waals surface area (Å²) in [6.07, 6.45) is -3.61. The fourth-order valence-electron chi connectivity index (χ4n) is 1.49. The van der Waals surface area contributed by atoms with Crippen molar-refractivity contribution < 1.29 is 17.6 Å². The summed E-state index contributed by atoms with van der Waals surface area (Å²) in [7, 11) is 0. The number of halogens is 4. The number of alkyl halides is 3. The molecular formula is C13H10F4N2. The van der Waals surface area contributed by atoms with E-state index in [1.165, 1.54) is 24.3 Å². The van der Waals surface area contributed by atoms with Crippen LogP contribution in [0.1, 0.15) is 11.3 Å². The Balaban J connectivity index is 2.01. The van der Waals surface area contributed by atoms with Gasteiger partial charge in [0.15, 0.2) is 0 Å². The van der Waals surface area contributed by atoms with Crippen molar-refractivity contribution in [1.82, 2.24) is 4.98 Å². The molecule has 2 rings (SSSR count). The van der Waals surface area contributed by atoms with Crippen molar-refractivity contribution in [3.8, 4) is 0 Å². The summed E-state index contributed by atoms with van der Waals surface area (Å²) in [6.45, 7) is 0.224. The zero-order chi connectivity index (χ0) is 13.9. The molecule has 1 heterocycles. The van der Waals surface area contributed by atoms with Gasteiger partial charge in [0, 0.05) is 11.9 Å². The SMILES string of the molecule is Fc1cccc(NCc2ccc(C(F)(F)F)cn2)c1. The Labute approximate surface area is 107 Å². The van der Waals surface area contributed by atoms with Gasteiger partial charge in [-0.2, -0.15) is 13.2 Å². The van der Waals surface area contributed by atoms with Gasteiger partial charge in [-0.05, 0) is 30.3 Å². The molecule has 0 aliphatic heterocycles. The van der Waals surface area contributed by atoms with Gasteiger partial charge in [0.1, 0.15) is 5.82 Å². The molecule has 1 aromatic carbocycles. The van der Waals surface area contributed by atoms with Gasteiger partial charge in [-0.15, -0.1) is 0 Å². The third kappa shape index (κ3) is 3.67. The van der Waals surface area contributed by atoms with Crippen LogP contribution >= 0.6 is 0 Å². The van der Waals surface area contributed by atoms with Crippen molar-refractivity contribution in [1.29, 1.82) is 0 Å². The van der Waals surface area contributed by atoms with Gasteiger partial charge in [0.05, 0.1) is 17.8 Å². The van der Waals surface area contributed by atoms with Gasteiger partial charge in [0.2, 0.25) is 0 Å². The Morgan fingerprint density at radius 1 is 1.11 bits per heavy atom. The van der Waals surface area contributed by atoms with Gasteiger partial charge in [-0.25, -0.2) is 4.39 Å². The quantitative estimate of drug-likeness (QED) is 0.857. The summed E-state index contributed by atoms with van der Waals surface area (Å²) in [5.74, 6) is -0.384. The Morgan fingerprint density at radius 2 is 1.89 bits per heavy atom. The fourth-order valence-corrected chi connectivity index (χ4v) is 1.49. The maximum Gasteiger partial charge on any atom is 0.417 e. The highest BCUT2D eigenvalue weighted by Crippen LogP contribution is 2.28. The molecule has 100 valence electrons. The molecule has 0 fully saturated rings. The summed E-state index contributed by atoms with van der Waals surface area (Å²) >= 11 is 0. The van der Waals surface area contributed by atoms with Crippen LogP contribution in [0, 0.1) is 5.82 Å². The van der Waals surface area contributed by atoms with Crippen LogP contribution in [0.15, 0.2) is 42.6 Å². The second kappa shape index (κ2) is 5.26. The van der Waals surface area contributed by atoms with E-state index in [1.54, 1.807) is 6.07 Å². The number of benzene rings is 1. The molecule has 0 radical (unpaired) electrons. The molecule has 0 atom stereocenters. The third-order valence-electron chi connectivity index (χ3n) is 2.45. The lowest BCUT2D eigenvalue weighted by Gasteiger charge is -2.08. The average Bonchev–Trinajstić information content (AvgIpc) is 2.36. The zero-order valence-electron chi connectivity index (χ0n) is 9.71. The van der Waals surface area contributed by atoms with E-state index in [1.807, 2.05) is 0 Å². The van der Waals surface area contributed by atoms with Crippen molar-refractivity contribution in [2.75, 3.05) is 5.32 Å². The van der Waals surface area contributed by atoms with Gasteiger partial charge in [-0.3, -0.25) is 4.98 Å². The van der Waals surface area contributed by atoms with E-state index in [2.05, 4.69) is 10.3 Å². The van der Waals surface area contributed by atoms with Crippen LogP contribution in [0.25, 0.3) is 0 Å². The van der Waals surface area contributed by atoms with Crippen molar-refractivity contribution in [3.63, 3.8) is 0 Å². The molecular weight excluding hydrogens is 260 g/mol. The lowest BCUT2D eigenvalue weighted by Crippen LogP contribution is -2.07. The number of anilines is 1. The first-order valence-electron chi connectivity index (χ1n) is 5.47. The van der Waals surface area contributed by atoms with Gasteiger partial charge in [0.25, 0.3) is 0 Å². The number of rotatable bonds is 3.